The zero-order valence-electron chi connectivity index (χ0n) is 10.2. The van der Waals surface area contributed by atoms with Crippen LogP contribution in [0.5, 0.6) is 0 Å². The van der Waals surface area contributed by atoms with E-state index in [1.165, 1.54) is 12.8 Å². The van der Waals surface area contributed by atoms with E-state index in [1.807, 2.05) is 0 Å². The quantitative estimate of drug-likeness (QED) is 0.868. The van der Waals surface area contributed by atoms with Gasteiger partial charge in [0.2, 0.25) is 0 Å². The lowest BCUT2D eigenvalue weighted by Gasteiger charge is -2.00. The van der Waals surface area contributed by atoms with Gasteiger partial charge in [0.05, 0.1) is 12.7 Å². The molecule has 1 aliphatic carbocycles. The van der Waals surface area contributed by atoms with Gasteiger partial charge in [0.1, 0.15) is 10.0 Å². The number of ether oxygens (including phenoxy) is 1. The maximum Gasteiger partial charge on any atom is 0.122 e. The van der Waals surface area contributed by atoms with Gasteiger partial charge >= 0.3 is 0 Å². The first kappa shape index (κ1) is 11.6. The third kappa shape index (κ3) is 3.03. The Morgan fingerprint density at radius 1 is 1.41 bits per heavy atom. The molecule has 2 aliphatic rings. The topological polar surface area (TPSA) is 47.0 Å². The van der Waals surface area contributed by atoms with E-state index in [0.29, 0.717) is 12.0 Å². The zero-order valence-corrected chi connectivity index (χ0v) is 11.0. The minimum Gasteiger partial charge on any atom is -0.378 e. The SMILES string of the molecule is CC1CC(c2nnc(CCNC3CC3)s2)CO1. The van der Waals surface area contributed by atoms with Gasteiger partial charge in [-0.2, -0.15) is 0 Å². The molecular weight excluding hydrogens is 234 g/mol. The number of nitrogens with zero attached hydrogens (tertiary/aromatic N) is 2. The molecule has 2 heterocycles. The van der Waals surface area contributed by atoms with Gasteiger partial charge in [0, 0.05) is 24.9 Å². The van der Waals surface area contributed by atoms with Gasteiger partial charge in [-0.1, -0.05) is 0 Å². The molecule has 1 aliphatic heterocycles. The summed E-state index contributed by atoms with van der Waals surface area (Å²) in [6.07, 6.45) is 5.17. The molecule has 1 aromatic rings. The third-order valence-corrected chi connectivity index (χ3v) is 4.52. The van der Waals surface area contributed by atoms with Crippen molar-refractivity contribution in [3.05, 3.63) is 10.0 Å². The molecule has 1 saturated carbocycles. The highest BCUT2D eigenvalue weighted by Gasteiger charge is 2.26. The fraction of sp³-hybridized carbons (Fsp3) is 0.833. The van der Waals surface area contributed by atoms with Crippen molar-refractivity contribution in [2.24, 2.45) is 0 Å². The Morgan fingerprint density at radius 2 is 2.29 bits per heavy atom. The van der Waals surface area contributed by atoms with Crippen molar-refractivity contribution in [2.45, 2.75) is 50.7 Å². The van der Waals surface area contributed by atoms with Crippen molar-refractivity contribution in [2.75, 3.05) is 13.2 Å². The first-order chi connectivity index (χ1) is 8.31. The highest BCUT2D eigenvalue weighted by atomic mass is 32.1. The van der Waals surface area contributed by atoms with Crippen molar-refractivity contribution in [3.8, 4) is 0 Å². The number of nitrogens with one attached hydrogen (secondary N) is 1. The molecule has 17 heavy (non-hydrogen) atoms. The minimum absolute atomic E-state index is 0.379. The molecule has 2 fully saturated rings. The van der Waals surface area contributed by atoms with Gasteiger partial charge in [-0.25, -0.2) is 0 Å². The first-order valence-electron chi connectivity index (χ1n) is 6.48. The average Bonchev–Trinajstić information content (AvgIpc) is 2.85. The summed E-state index contributed by atoms with van der Waals surface area (Å²) in [5.41, 5.74) is 0. The van der Waals surface area contributed by atoms with Crippen LogP contribution in [0, 0.1) is 0 Å². The second kappa shape index (κ2) is 5.00. The monoisotopic (exact) mass is 253 g/mol. The average molecular weight is 253 g/mol. The molecule has 94 valence electrons. The Bertz CT molecular complexity index is 378. The second-order valence-electron chi connectivity index (χ2n) is 5.09. The van der Waals surface area contributed by atoms with Crippen LogP contribution in [0.1, 0.15) is 42.1 Å². The maximum absolute atomic E-state index is 5.58. The smallest absolute Gasteiger partial charge is 0.122 e. The predicted octanol–water partition coefficient (Wildman–Crippen LogP) is 1.72. The normalized spacial score (nSPS) is 28.8. The van der Waals surface area contributed by atoms with Gasteiger partial charge in [0.15, 0.2) is 0 Å². The van der Waals surface area contributed by atoms with E-state index in [1.54, 1.807) is 11.3 Å². The molecule has 1 saturated heterocycles. The summed E-state index contributed by atoms with van der Waals surface area (Å²) >= 11 is 1.76. The third-order valence-electron chi connectivity index (χ3n) is 3.38. The lowest BCUT2D eigenvalue weighted by molar-refractivity contribution is 0.123. The van der Waals surface area contributed by atoms with Crippen LogP contribution in [-0.2, 0) is 11.2 Å². The van der Waals surface area contributed by atoms with Crippen LogP contribution in [0.15, 0.2) is 0 Å². The molecule has 1 aromatic heterocycles. The first-order valence-corrected chi connectivity index (χ1v) is 7.30. The van der Waals surface area contributed by atoms with Crippen molar-refractivity contribution >= 4 is 11.3 Å². The summed E-state index contributed by atoms with van der Waals surface area (Å²) < 4.78 is 5.58. The molecular formula is C12H19N3OS. The Balaban J connectivity index is 1.50. The van der Waals surface area contributed by atoms with E-state index in [-0.39, 0.29) is 0 Å². The van der Waals surface area contributed by atoms with E-state index in [2.05, 4.69) is 22.4 Å². The highest BCUT2D eigenvalue weighted by molar-refractivity contribution is 7.11. The second-order valence-corrected chi connectivity index (χ2v) is 6.18. The number of aromatic nitrogens is 2. The molecule has 0 radical (unpaired) electrons. The van der Waals surface area contributed by atoms with Crippen molar-refractivity contribution < 1.29 is 4.74 Å². The fourth-order valence-corrected chi connectivity index (χ4v) is 3.13. The largest absolute Gasteiger partial charge is 0.378 e. The molecule has 0 spiro atoms. The van der Waals surface area contributed by atoms with Crippen LogP contribution in [-0.4, -0.2) is 35.5 Å². The maximum atomic E-state index is 5.58. The van der Waals surface area contributed by atoms with Crippen LogP contribution in [0.25, 0.3) is 0 Å². The Labute approximate surface area is 106 Å². The Morgan fingerprint density at radius 3 is 3.00 bits per heavy atom. The summed E-state index contributed by atoms with van der Waals surface area (Å²) in [7, 11) is 0. The Kier molecular flexibility index (Phi) is 3.40. The molecule has 5 heteroatoms. The zero-order chi connectivity index (χ0) is 11.7. The van der Waals surface area contributed by atoms with Crippen molar-refractivity contribution in [1.82, 2.24) is 15.5 Å². The van der Waals surface area contributed by atoms with Gasteiger partial charge < -0.3 is 10.1 Å². The number of hydrogen-bond acceptors (Lipinski definition) is 5. The van der Waals surface area contributed by atoms with Crippen LogP contribution < -0.4 is 5.32 Å². The number of hydrogen-bond donors (Lipinski definition) is 1. The summed E-state index contributed by atoms with van der Waals surface area (Å²) in [5.74, 6) is 0.479. The minimum atomic E-state index is 0.379. The standard InChI is InChI=1S/C12H19N3OS/c1-8-6-9(7-16-8)12-15-14-11(17-12)4-5-13-10-2-3-10/h8-10,13H,2-7H2,1H3. The molecule has 2 unspecified atom stereocenters. The molecule has 0 aromatic carbocycles. The van der Waals surface area contributed by atoms with Gasteiger partial charge in [-0.05, 0) is 26.2 Å². The predicted molar refractivity (Wildman–Crippen MR) is 67.4 cm³/mol. The summed E-state index contributed by atoms with van der Waals surface area (Å²) in [5, 5.41) is 14.4. The van der Waals surface area contributed by atoms with E-state index < -0.39 is 0 Å². The summed E-state index contributed by atoms with van der Waals surface area (Å²) in [4.78, 5) is 0. The van der Waals surface area contributed by atoms with E-state index in [4.69, 9.17) is 4.74 Å². The van der Waals surface area contributed by atoms with E-state index in [9.17, 15) is 0 Å². The Hall–Kier alpha value is -0.520. The van der Waals surface area contributed by atoms with Crippen LogP contribution in [0.4, 0.5) is 0 Å². The number of rotatable bonds is 5. The molecule has 1 N–H and O–H groups in total. The van der Waals surface area contributed by atoms with Crippen LogP contribution in [0.3, 0.4) is 0 Å². The lowest BCUT2D eigenvalue weighted by Crippen LogP contribution is -2.19. The van der Waals surface area contributed by atoms with Crippen LogP contribution in [0.2, 0.25) is 0 Å². The molecule has 4 nitrogen and oxygen atoms in total. The molecule has 0 bridgehead atoms. The van der Waals surface area contributed by atoms with Gasteiger partial charge in [-0.15, -0.1) is 21.5 Å². The van der Waals surface area contributed by atoms with Crippen molar-refractivity contribution in [1.29, 1.82) is 0 Å². The summed E-state index contributed by atoms with van der Waals surface area (Å²) in [6, 6.07) is 0.784. The van der Waals surface area contributed by atoms with Crippen LogP contribution >= 0.6 is 11.3 Å². The molecule has 3 rings (SSSR count). The van der Waals surface area contributed by atoms with Gasteiger partial charge in [-0.3, -0.25) is 0 Å². The highest BCUT2D eigenvalue weighted by Crippen LogP contribution is 2.31. The fourth-order valence-electron chi connectivity index (χ4n) is 2.19. The van der Waals surface area contributed by atoms with Gasteiger partial charge in [0.25, 0.3) is 0 Å². The summed E-state index contributed by atoms with van der Waals surface area (Å²) in [6.45, 7) is 3.98. The van der Waals surface area contributed by atoms with E-state index >= 15 is 0 Å². The molecule has 2 atom stereocenters. The lowest BCUT2D eigenvalue weighted by atomic mass is 10.1. The van der Waals surface area contributed by atoms with Crippen molar-refractivity contribution in [3.63, 3.8) is 0 Å². The molecule has 0 amide bonds. The van der Waals surface area contributed by atoms with E-state index in [0.717, 1.165) is 42.1 Å².